The number of carbonyl (C=O) groups is 2. The summed E-state index contributed by atoms with van der Waals surface area (Å²) in [7, 11) is -4.50. The van der Waals surface area contributed by atoms with Gasteiger partial charge in [-0.2, -0.15) is 0 Å². The summed E-state index contributed by atoms with van der Waals surface area (Å²) in [4.78, 5) is 43.0. The molecule has 28 heavy (non-hydrogen) atoms. The van der Waals surface area contributed by atoms with Crippen LogP contribution in [0.3, 0.4) is 0 Å². The van der Waals surface area contributed by atoms with Crippen LogP contribution < -0.4 is 10.6 Å². The molecule has 0 aliphatic rings. The van der Waals surface area contributed by atoms with Crippen molar-refractivity contribution in [2.75, 3.05) is 0 Å². The van der Waals surface area contributed by atoms with Gasteiger partial charge in [-0.15, -0.1) is 0 Å². The van der Waals surface area contributed by atoms with Crippen LogP contribution in [0.5, 0.6) is 0 Å². The molecule has 0 heterocycles. The lowest BCUT2D eigenvalue weighted by atomic mass is 10.1. The molecule has 0 aliphatic carbocycles. The van der Waals surface area contributed by atoms with E-state index in [4.69, 9.17) is 4.74 Å². The summed E-state index contributed by atoms with van der Waals surface area (Å²) in [5.74, 6) is -2.09. The monoisotopic (exact) mass is 406 g/mol. The normalized spacial score (nSPS) is 13.2. The van der Waals surface area contributed by atoms with E-state index in [1.807, 2.05) is 24.3 Å². The Balaban J connectivity index is 2.03. The van der Waals surface area contributed by atoms with Gasteiger partial charge in [0.15, 0.2) is 0 Å². The van der Waals surface area contributed by atoms with Gasteiger partial charge in [-0.05, 0) is 18.1 Å². The van der Waals surface area contributed by atoms with Crippen LogP contribution >= 0.6 is 7.60 Å². The Morgan fingerprint density at radius 2 is 1.50 bits per heavy atom. The molecule has 2 aromatic rings. The van der Waals surface area contributed by atoms with Gasteiger partial charge in [-0.1, -0.05) is 60.7 Å². The Labute approximate surface area is 163 Å². The van der Waals surface area contributed by atoms with Crippen molar-refractivity contribution in [2.24, 2.45) is 0 Å². The summed E-state index contributed by atoms with van der Waals surface area (Å²) in [6.07, 6.45) is -0.662. The number of hydrogen-bond donors (Lipinski definition) is 4. The van der Waals surface area contributed by atoms with E-state index in [1.54, 1.807) is 36.4 Å². The topological polar surface area (TPSA) is 125 Å². The van der Waals surface area contributed by atoms with Crippen LogP contribution in [0, 0.1) is 0 Å². The summed E-state index contributed by atoms with van der Waals surface area (Å²) in [5.41, 5.74) is 1.56. The van der Waals surface area contributed by atoms with Gasteiger partial charge in [-0.25, -0.2) is 4.79 Å². The van der Waals surface area contributed by atoms with Crippen molar-refractivity contribution in [3.05, 3.63) is 71.8 Å². The number of hydrogen-bond acceptors (Lipinski definition) is 4. The molecule has 0 bridgehead atoms. The Morgan fingerprint density at radius 1 is 0.964 bits per heavy atom. The summed E-state index contributed by atoms with van der Waals surface area (Å²) < 4.78 is 16.4. The highest BCUT2D eigenvalue weighted by Gasteiger charge is 2.29. The lowest BCUT2D eigenvalue weighted by Gasteiger charge is -2.22. The zero-order chi connectivity index (χ0) is 20.6. The molecule has 2 amide bonds. The summed E-state index contributed by atoms with van der Waals surface area (Å²) in [6, 6.07) is 16.9. The minimum atomic E-state index is -4.50. The Bertz CT molecular complexity index is 825. The van der Waals surface area contributed by atoms with E-state index in [1.165, 1.54) is 6.92 Å². The molecule has 0 radical (unpaired) electrons. The van der Waals surface area contributed by atoms with E-state index in [9.17, 15) is 23.9 Å². The van der Waals surface area contributed by atoms with Gasteiger partial charge in [0.05, 0.1) is 0 Å². The van der Waals surface area contributed by atoms with Crippen molar-refractivity contribution in [1.82, 2.24) is 10.6 Å². The lowest BCUT2D eigenvalue weighted by molar-refractivity contribution is -0.123. The minimum Gasteiger partial charge on any atom is -0.445 e. The fourth-order valence-corrected chi connectivity index (χ4v) is 2.65. The van der Waals surface area contributed by atoms with E-state index in [0.717, 1.165) is 11.1 Å². The van der Waals surface area contributed by atoms with Crippen molar-refractivity contribution >= 4 is 19.6 Å². The predicted octanol–water partition coefficient (Wildman–Crippen LogP) is 2.16. The number of ether oxygens (including phenoxy) is 1. The van der Waals surface area contributed by atoms with Gasteiger partial charge in [-0.3, -0.25) is 9.36 Å². The fraction of sp³-hybridized carbons (Fsp3) is 0.263. The van der Waals surface area contributed by atoms with Crippen LogP contribution in [0.25, 0.3) is 0 Å². The molecule has 9 heteroatoms. The van der Waals surface area contributed by atoms with Crippen LogP contribution in [0.4, 0.5) is 4.79 Å². The maximum absolute atomic E-state index is 12.5. The molecule has 150 valence electrons. The quantitative estimate of drug-likeness (QED) is 0.498. The SMILES string of the molecule is CC(NC(=O)[C@@H](Cc1ccccc1)NC(=O)OCc1ccccc1)P(=O)(O)O. The molecule has 0 spiro atoms. The fourth-order valence-electron chi connectivity index (χ4n) is 2.36. The Kier molecular flexibility index (Phi) is 7.75. The first-order valence-electron chi connectivity index (χ1n) is 8.62. The number of benzene rings is 2. The van der Waals surface area contributed by atoms with Crippen LogP contribution in [-0.4, -0.2) is 33.6 Å². The largest absolute Gasteiger partial charge is 0.445 e. The molecular weight excluding hydrogens is 383 g/mol. The molecule has 4 N–H and O–H groups in total. The van der Waals surface area contributed by atoms with Crippen molar-refractivity contribution in [2.45, 2.75) is 31.8 Å². The summed E-state index contributed by atoms with van der Waals surface area (Å²) >= 11 is 0. The standard InChI is InChI=1S/C19H23N2O6P/c1-14(28(24,25)26)20-18(22)17(12-15-8-4-2-5-9-15)21-19(23)27-13-16-10-6-3-7-11-16/h2-11,14,17H,12-13H2,1H3,(H,20,22)(H,21,23)(H2,24,25,26)/t14?,17-/m1/s1. The molecule has 2 rings (SSSR count). The highest BCUT2D eigenvalue weighted by molar-refractivity contribution is 7.52. The number of nitrogens with one attached hydrogen (secondary N) is 2. The van der Waals surface area contributed by atoms with Gasteiger partial charge >= 0.3 is 13.7 Å². The molecule has 0 saturated carbocycles. The van der Waals surface area contributed by atoms with Gasteiger partial charge in [0.25, 0.3) is 0 Å². The van der Waals surface area contributed by atoms with E-state index in [-0.39, 0.29) is 13.0 Å². The molecule has 2 atom stereocenters. The Morgan fingerprint density at radius 3 is 2.04 bits per heavy atom. The lowest BCUT2D eigenvalue weighted by Crippen LogP contribution is -2.50. The first kappa shape index (κ1) is 21.6. The predicted molar refractivity (Wildman–Crippen MR) is 103 cm³/mol. The van der Waals surface area contributed by atoms with Gasteiger partial charge in [0, 0.05) is 6.42 Å². The smallest absolute Gasteiger partial charge is 0.408 e. The van der Waals surface area contributed by atoms with Crippen molar-refractivity contribution in [3.8, 4) is 0 Å². The third-order valence-electron chi connectivity index (χ3n) is 3.96. The van der Waals surface area contributed by atoms with Gasteiger partial charge < -0.3 is 25.2 Å². The molecule has 2 aromatic carbocycles. The molecule has 0 fully saturated rings. The maximum Gasteiger partial charge on any atom is 0.408 e. The van der Waals surface area contributed by atoms with E-state index >= 15 is 0 Å². The number of alkyl carbamates (subject to hydrolysis) is 1. The molecule has 8 nitrogen and oxygen atoms in total. The average Bonchev–Trinajstić information content (AvgIpc) is 2.66. The zero-order valence-corrected chi connectivity index (χ0v) is 16.2. The van der Waals surface area contributed by atoms with Gasteiger partial charge in [0.2, 0.25) is 5.91 Å². The van der Waals surface area contributed by atoms with Crippen molar-refractivity contribution in [1.29, 1.82) is 0 Å². The van der Waals surface area contributed by atoms with Crippen molar-refractivity contribution in [3.63, 3.8) is 0 Å². The molecular formula is C19H23N2O6P. The van der Waals surface area contributed by atoms with Crippen molar-refractivity contribution < 1.29 is 28.7 Å². The zero-order valence-electron chi connectivity index (χ0n) is 15.3. The molecule has 0 aromatic heterocycles. The van der Waals surface area contributed by atoms with E-state index < -0.39 is 31.4 Å². The highest BCUT2D eigenvalue weighted by atomic mass is 31.2. The van der Waals surface area contributed by atoms with E-state index in [2.05, 4.69) is 10.6 Å². The second kappa shape index (κ2) is 10.0. The minimum absolute atomic E-state index is 0.0330. The third-order valence-corrected chi connectivity index (χ3v) is 5.10. The Hall–Kier alpha value is -2.67. The molecule has 1 unspecified atom stereocenters. The van der Waals surface area contributed by atoms with Crippen LogP contribution in [-0.2, 0) is 27.1 Å². The second-order valence-electron chi connectivity index (χ2n) is 6.22. The maximum atomic E-state index is 12.5. The molecule has 0 aliphatic heterocycles. The summed E-state index contributed by atoms with van der Waals surface area (Å²) in [5, 5.41) is 4.71. The van der Waals surface area contributed by atoms with Gasteiger partial charge in [0.1, 0.15) is 18.4 Å². The third kappa shape index (κ3) is 7.15. The second-order valence-corrected chi connectivity index (χ2v) is 8.17. The number of carbonyl (C=O) groups excluding carboxylic acids is 2. The summed E-state index contributed by atoms with van der Waals surface area (Å²) in [6.45, 7) is 1.23. The van der Waals surface area contributed by atoms with Crippen LogP contribution in [0.2, 0.25) is 0 Å². The van der Waals surface area contributed by atoms with Crippen LogP contribution in [0.1, 0.15) is 18.1 Å². The molecule has 0 saturated heterocycles. The van der Waals surface area contributed by atoms with Crippen LogP contribution in [0.15, 0.2) is 60.7 Å². The highest BCUT2D eigenvalue weighted by Crippen LogP contribution is 2.39. The average molecular weight is 406 g/mol. The van der Waals surface area contributed by atoms with E-state index in [0.29, 0.717) is 0 Å². The number of amides is 2. The first-order chi connectivity index (χ1) is 13.3. The first-order valence-corrected chi connectivity index (χ1v) is 10.3. The number of rotatable bonds is 8.